The predicted molar refractivity (Wildman–Crippen MR) is 77.0 cm³/mol. The van der Waals surface area contributed by atoms with Crippen LogP contribution in [0, 0.1) is 15.9 Å². The Bertz CT molecular complexity index is 705. The fraction of sp³-hybridized carbons (Fsp3) is 0.0714. The Labute approximate surface area is 127 Å². The van der Waals surface area contributed by atoms with Crippen molar-refractivity contribution in [1.82, 2.24) is 0 Å². The van der Waals surface area contributed by atoms with E-state index in [0.717, 1.165) is 0 Å². The van der Waals surface area contributed by atoms with Crippen LogP contribution in [-0.2, 0) is 0 Å². The Morgan fingerprint density at radius 3 is 2.67 bits per heavy atom. The number of nitrogens with zero attached hydrogens (tertiary/aromatic N) is 1. The van der Waals surface area contributed by atoms with Crippen LogP contribution >= 0.6 is 15.9 Å². The Kier molecular flexibility index (Phi) is 4.64. The third-order valence-corrected chi connectivity index (χ3v) is 3.31. The number of carbonyl (C=O) groups excluding carboxylic acids is 1. The van der Waals surface area contributed by atoms with Gasteiger partial charge >= 0.3 is 0 Å². The van der Waals surface area contributed by atoms with Gasteiger partial charge in [0.25, 0.3) is 5.69 Å². The third-order valence-electron chi connectivity index (χ3n) is 2.66. The molecule has 0 bridgehead atoms. The molecule has 0 aliphatic heterocycles. The first kappa shape index (κ1) is 15.1. The van der Waals surface area contributed by atoms with Gasteiger partial charge in [0.2, 0.25) is 5.78 Å². The SMILES string of the molecule is O=C(COc1cc([N+](=O)[O-])ccc1Br)c1ccccc1F. The number of ketones is 1. The Morgan fingerprint density at radius 2 is 2.00 bits per heavy atom. The zero-order chi connectivity index (χ0) is 15.4. The molecule has 0 N–H and O–H groups in total. The quantitative estimate of drug-likeness (QED) is 0.466. The largest absolute Gasteiger partial charge is 0.484 e. The number of nitro benzene ring substituents is 1. The molecule has 0 aliphatic rings. The van der Waals surface area contributed by atoms with E-state index < -0.39 is 23.1 Å². The Balaban J connectivity index is 2.13. The second kappa shape index (κ2) is 6.45. The maximum Gasteiger partial charge on any atom is 0.273 e. The Hall–Kier alpha value is -2.28. The number of ether oxygens (including phenoxy) is 1. The van der Waals surface area contributed by atoms with Crippen LogP contribution in [0.15, 0.2) is 46.9 Å². The van der Waals surface area contributed by atoms with E-state index in [2.05, 4.69) is 15.9 Å². The molecule has 2 rings (SSSR count). The number of halogens is 2. The average molecular weight is 354 g/mol. The molecule has 0 spiro atoms. The lowest BCUT2D eigenvalue weighted by atomic mass is 10.1. The maximum atomic E-state index is 13.4. The minimum atomic E-state index is -0.635. The van der Waals surface area contributed by atoms with Gasteiger partial charge in [-0.2, -0.15) is 0 Å². The molecule has 0 aromatic heterocycles. The second-order valence-corrected chi connectivity index (χ2v) is 4.92. The molecule has 21 heavy (non-hydrogen) atoms. The summed E-state index contributed by atoms with van der Waals surface area (Å²) in [6, 6.07) is 9.49. The second-order valence-electron chi connectivity index (χ2n) is 4.06. The van der Waals surface area contributed by atoms with Gasteiger partial charge in [-0.1, -0.05) is 12.1 Å². The molecule has 108 valence electrons. The van der Waals surface area contributed by atoms with Gasteiger partial charge < -0.3 is 4.74 Å². The van der Waals surface area contributed by atoms with Gasteiger partial charge in [0.1, 0.15) is 11.6 Å². The number of Topliss-reactive ketones (excluding diaryl/α,β-unsaturated/α-hetero) is 1. The predicted octanol–water partition coefficient (Wildman–Crippen LogP) is 3.76. The van der Waals surface area contributed by atoms with E-state index in [4.69, 9.17) is 4.74 Å². The summed E-state index contributed by atoms with van der Waals surface area (Å²) in [7, 11) is 0. The first-order valence-corrected chi connectivity index (χ1v) is 6.63. The molecule has 7 heteroatoms. The summed E-state index contributed by atoms with van der Waals surface area (Å²) in [6.07, 6.45) is 0. The van der Waals surface area contributed by atoms with Crippen LogP contribution in [0.4, 0.5) is 10.1 Å². The number of benzene rings is 2. The molecule has 0 fully saturated rings. The van der Waals surface area contributed by atoms with Crippen molar-refractivity contribution < 1.29 is 18.8 Å². The number of hydrogen-bond donors (Lipinski definition) is 0. The molecule has 2 aromatic carbocycles. The summed E-state index contributed by atoms with van der Waals surface area (Å²) < 4.78 is 19.1. The molecule has 0 saturated heterocycles. The maximum absolute atomic E-state index is 13.4. The van der Waals surface area contributed by atoms with Gasteiger partial charge in [-0.3, -0.25) is 14.9 Å². The first-order chi connectivity index (χ1) is 9.99. The molecule has 0 atom stereocenters. The van der Waals surface area contributed by atoms with Gasteiger partial charge in [-0.15, -0.1) is 0 Å². The molecule has 0 heterocycles. The topological polar surface area (TPSA) is 69.4 Å². The Morgan fingerprint density at radius 1 is 1.29 bits per heavy atom. The van der Waals surface area contributed by atoms with Crippen LogP contribution in [0.1, 0.15) is 10.4 Å². The molecule has 2 aromatic rings. The molecule has 0 amide bonds. The summed E-state index contributed by atoms with van der Waals surface area (Å²) in [6.45, 7) is -0.416. The molecular weight excluding hydrogens is 345 g/mol. The number of nitro groups is 1. The van der Waals surface area contributed by atoms with Crippen molar-refractivity contribution in [2.45, 2.75) is 0 Å². The van der Waals surface area contributed by atoms with E-state index >= 15 is 0 Å². The minimum Gasteiger partial charge on any atom is -0.484 e. The van der Waals surface area contributed by atoms with Gasteiger partial charge in [-0.05, 0) is 34.1 Å². The summed E-state index contributed by atoms with van der Waals surface area (Å²) in [4.78, 5) is 22.0. The van der Waals surface area contributed by atoms with E-state index in [1.54, 1.807) is 6.07 Å². The van der Waals surface area contributed by atoms with E-state index in [9.17, 15) is 19.3 Å². The lowest BCUT2D eigenvalue weighted by Gasteiger charge is -2.08. The highest BCUT2D eigenvalue weighted by molar-refractivity contribution is 9.10. The van der Waals surface area contributed by atoms with Crippen LogP contribution < -0.4 is 4.74 Å². The van der Waals surface area contributed by atoms with Crippen LogP contribution in [0.25, 0.3) is 0 Å². The fourth-order valence-electron chi connectivity index (χ4n) is 1.62. The lowest BCUT2D eigenvalue weighted by molar-refractivity contribution is -0.384. The zero-order valence-electron chi connectivity index (χ0n) is 10.6. The molecule has 0 aliphatic carbocycles. The highest BCUT2D eigenvalue weighted by Crippen LogP contribution is 2.29. The standard InChI is InChI=1S/C14H9BrFNO4/c15-11-6-5-9(17(19)20)7-14(11)21-8-13(18)10-3-1-2-4-12(10)16/h1-7H,8H2. The van der Waals surface area contributed by atoms with Crippen molar-refractivity contribution in [3.05, 3.63) is 68.4 Å². The van der Waals surface area contributed by atoms with Gasteiger partial charge in [0, 0.05) is 6.07 Å². The highest BCUT2D eigenvalue weighted by atomic mass is 79.9. The first-order valence-electron chi connectivity index (χ1n) is 5.83. The van der Waals surface area contributed by atoms with E-state index in [1.165, 1.54) is 36.4 Å². The number of hydrogen-bond acceptors (Lipinski definition) is 4. The summed E-state index contributed by atoms with van der Waals surface area (Å²) in [5.74, 6) is -1.04. The van der Waals surface area contributed by atoms with Crippen molar-refractivity contribution in [1.29, 1.82) is 0 Å². The molecule has 5 nitrogen and oxygen atoms in total. The molecule has 0 unspecified atom stereocenters. The monoisotopic (exact) mass is 353 g/mol. The number of rotatable bonds is 5. The van der Waals surface area contributed by atoms with Crippen LogP contribution in [0.5, 0.6) is 5.75 Å². The normalized spacial score (nSPS) is 10.2. The molecule has 0 radical (unpaired) electrons. The van der Waals surface area contributed by atoms with Gasteiger partial charge in [0.05, 0.1) is 21.0 Å². The van der Waals surface area contributed by atoms with Crippen molar-refractivity contribution in [3.8, 4) is 5.75 Å². The van der Waals surface area contributed by atoms with Crippen LogP contribution in [0.2, 0.25) is 0 Å². The van der Waals surface area contributed by atoms with Crippen molar-refractivity contribution in [3.63, 3.8) is 0 Å². The van der Waals surface area contributed by atoms with Crippen molar-refractivity contribution >= 4 is 27.4 Å². The van der Waals surface area contributed by atoms with E-state index in [1.807, 2.05) is 0 Å². The third kappa shape index (κ3) is 3.63. The lowest BCUT2D eigenvalue weighted by Crippen LogP contribution is -2.13. The highest BCUT2D eigenvalue weighted by Gasteiger charge is 2.14. The van der Waals surface area contributed by atoms with Crippen LogP contribution in [0.3, 0.4) is 0 Å². The zero-order valence-corrected chi connectivity index (χ0v) is 12.2. The van der Waals surface area contributed by atoms with Crippen LogP contribution in [-0.4, -0.2) is 17.3 Å². The molecular formula is C14H9BrFNO4. The van der Waals surface area contributed by atoms with Crippen molar-refractivity contribution in [2.24, 2.45) is 0 Å². The summed E-state index contributed by atoms with van der Waals surface area (Å²) in [5, 5.41) is 10.7. The molecule has 0 saturated carbocycles. The summed E-state index contributed by atoms with van der Waals surface area (Å²) in [5.41, 5.74) is -0.245. The number of carbonyl (C=O) groups is 1. The van der Waals surface area contributed by atoms with Gasteiger partial charge in [0.15, 0.2) is 6.61 Å². The average Bonchev–Trinajstić information content (AvgIpc) is 2.46. The fourth-order valence-corrected chi connectivity index (χ4v) is 1.99. The van der Waals surface area contributed by atoms with E-state index in [-0.39, 0.29) is 17.0 Å². The van der Waals surface area contributed by atoms with Gasteiger partial charge in [-0.25, -0.2) is 4.39 Å². The summed E-state index contributed by atoms with van der Waals surface area (Å²) >= 11 is 3.17. The smallest absolute Gasteiger partial charge is 0.273 e. The number of non-ortho nitro benzene ring substituents is 1. The minimum absolute atomic E-state index is 0.0842. The van der Waals surface area contributed by atoms with E-state index in [0.29, 0.717) is 4.47 Å². The van der Waals surface area contributed by atoms with Crippen molar-refractivity contribution in [2.75, 3.05) is 6.61 Å².